The molecule has 2 aliphatic rings. The normalized spacial score (nSPS) is 17.4. The summed E-state index contributed by atoms with van der Waals surface area (Å²) in [5, 5.41) is 2.97. The molecule has 148 valence electrons. The van der Waals surface area contributed by atoms with Crippen molar-refractivity contribution in [3.63, 3.8) is 0 Å². The van der Waals surface area contributed by atoms with E-state index in [1.807, 2.05) is 6.92 Å². The van der Waals surface area contributed by atoms with Crippen molar-refractivity contribution in [2.75, 3.05) is 26.3 Å². The highest BCUT2D eigenvalue weighted by Crippen LogP contribution is 2.26. The lowest BCUT2D eigenvalue weighted by Crippen LogP contribution is -2.35. The molecule has 2 N–H and O–H groups in total. The molecule has 1 fully saturated rings. The Kier molecular flexibility index (Phi) is 5.59. The van der Waals surface area contributed by atoms with Gasteiger partial charge in [0, 0.05) is 43.9 Å². The van der Waals surface area contributed by atoms with Gasteiger partial charge in [0.05, 0.1) is 13.2 Å². The zero-order valence-electron chi connectivity index (χ0n) is 16.3. The Balaban J connectivity index is 1.35. The van der Waals surface area contributed by atoms with Crippen molar-refractivity contribution < 1.29 is 14.3 Å². The van der Waals surface area contributed by atoms with E-state index in [0.29, 0.717) is 18.7 Å². The summed E-state index contributed by atoms with van der Waals surface area (Å²) in [7, 11) is 0. The number of carbonyl (C=O) groups excluding carboxylic acids is 2. The van der Waals surface area contributed by atoms with Gasteiger partial charge in [-0.15, -0.1) is 0 Å². The second-order valence-corrected chi connectivity index (χ2v) is 7.64. The number of rotatable bonds is 5. The fraction of sp³-hybridized carbons (Fsp3) is 0.455. The fourth-order valence-corrected chi connectivity index (χ4v) is 4.05. The van der Waals surface area contributed by atoms with E-state index in [1.165, 1.54) is 5.56 Å². The van der Waals surface area contributed by atoms with Crippen molar-refractivity contribution in [3.8, 4) is 0 Å². The van der Waals surface area contributed by atoms with Gasteiger partial charge in [0.1, 0.15) is 5.69 Å². The van der Waals surface area contributed by atoms with Crippen molar-refractivity contribution in [1.82, 2.24) is 15.2 Å². The highest BCUT2D eigenvalue weighted by molar-refractivity contribution is 6.04. The Labute approximate surface area is 165 Å². The zero-order chi connectivity index (χ0) is 19.5. The molecule has 2 aromatic rings. The molecule has 1 aromatic carbocycles. The van der Waals surface area contributed by atoms with Gasteiger partial charge in [-0.05, 0) is 36.5 Å². The van der Waals surface area contributed by atoms with E-state index in [1.54, 1.807) is 0 Å². The molecule has 1 aliphatic carbocycles. The van der Waals surface area contributed by atoms with Crippen LogP contribution in [0.3, 0.4) is 0 Å². The number of aromatic amines is 1. The average molecular weight is 381 g/mol. The molecule has 1 amide bonds. The van der Waals surface area contributed by atoms with E-state index in [2.05, 4.69) is 39.5 Å². The third kappa shape index (κ3) is 4.03. The molecule has 6 nitrogen and oxygen atoms in total. The van der Waals surface area contributed by atoms with Gasteiger partial charge in [-0.2, -0.15) is 0 Å². The lowest BCUT2D eigenvalue weighted by Gasteiger charge is -2.26. The molecule has 1 saturated heterocycles. The van der Waals surface area contributed by atoms with Crippen LogP contribution in [0.2, 0.25) is 0 Å². The number of nitrogens with one attached hydrogen (secondary N) is 2. The van der Waals surface area contributed by atoms with E-state index < -0.39 is 0 Å². The number of amides is 1. The molecule has 6 heteroatoms. The Morgan fingerprint density at radius 2 is 1.86 bits per heavy atom. The second-order valence-electron chi connectivity index (χ2n) is 7.64. The molecule has 0 unspecified atom stereocenters. The Morgan fingerprint density at radius 3 is 2.57 bits per heavy atom. The molecular weight excluding hydrogens is 354 g/mol. The number of Topliss-reactive ketones (excluding diaryl/α,β-unsaturated/α-hetero) is 1. The predicted octanol–water partition coefficient (Wildman–Crippen LogP) is 2.60. The van der Waals surface area contributed by atoms with Crippen LogP contribution in [0.25, 0.3) is 0 Å². The molecule has 0 bridgehead atoms. The first kappa shape index (κ1) is 18.9. The molecule has 2 heterocycles. The number of aromatic nitrogens is 1. The van der Waals surface area contributed by atoms with Gasteiger partial charge < -0.3 is 15.0 Å². The summed E-state index contributed by atoms with van der Waals surface area (Å²) >= 11 is 0. The molecule has 0 spiro atoms. The van der Waals surface area contributed by atoms with E-state index >= 15 is 0 Å². The number of carbonyl (C=O) groups is 2. The topological polar surface area (TPSA) is 74.4 Å². The van der Waals surface area contributed by atoms with Crippen molar-refractivity contribution >= 4 is 11.7 Å². The van der Waals surface area contributed by atoms with Crippen LogP contribution in [0.4, 0.5) is 0 Å². The van der Waals surface area contributed by atoms with Gasteiger partial charge in [0.15, 0.2) is 5.78 Å². The fourth-order valence-electron chi connectivity index (χ4n) is 4.05. The monoisotopic (exact) mass is 381 g/mol. The number of ketones is 1. The molecular formula is C22H27N3O3. The number of aryl methyl sites for hydroxylation is 1. The first-order chi connectivity index (χ1) is 13.6. The molecule has 0 saturated carbocycles. The first-order valence-corrected chi connectivity index (χ1v) is 10.0. The van der Waals surface area contributed by atoms with Gasteiger partial charge in [-0.25, -0.2) is 0 Å². The summed E-state index contributed by atoms with van der Waals surface area (Å²) in [5.41, 5.74) is 5.25. The number of benzene rings is 1. The van der Waals surface area contributed by atoms with Gasteiger partial charge in [-0.1, -0.05) is 24.3 Å². The quantitative estimate of drug-likeness (QED) is 0.835. The van der Waals surface area contributed by atoms with Crippen LogP contribution in [0, 0.1) is 6.92 Å². The Bertz CT molecular complexity index is 864. The number of hydrogen-bond acceptors (Lipinski definition) is 4. The van der Waals surface area contributed by atoms with E-state index in [4.69, 9.17) is 4.74 Å². The Hall–Kier alpha value is -2.44. The van der Waals surface area contributed by atoms with E-state index in [9.17, 15) is 9.59 Å². The average Bonchev–Trinajstić information content (AvgIpc) is 3.06. The minimum Gasteiger partial charge on any atom is -0.379 e. The van der Waals surface area contributed by atoms with Gasteiger partial charge in [0.2, 0.25) is 0 Å². The van der Waals surface area contributed by atoms with Crippen molar-refractivity contribution in [1.29, 1.82) is 0 Å². The highest BCUT2D eigenvalue weighted by Gasteiger charge is 2.26. The first-order valence-electron chi connectivity index (χ1n) is 10.0. The van der Waals surface area contributed by atoms with Crippen molar-refractivity contribution in [2.45, 2.75) is 39.3 Å². The lowest BCUT2D eigenvalue weighted by molar-refractivity contribution is 0.0342. The second kappa shape index (κ2) is 8.29. The molecule has 0 atom stereocenters. The van der Waals surface area contributed by atoms with Crippen LogP contribution in [-0.2, 0) is 24.2 Å². The Morgan fingerprint density at radius 1 is 1.14 bits per heavy atom. The third-order valence-electron chi connectivity index (χ3n) is 5.65. The van der Waals surface area contributed by atoms with Crippen molar-refractivity contribution in [3.05, 3.63) is 57.9 Å². The summed E-state index contributed by atoms with van der Waals surface area (Å²) in [6.07, 6.45) is 2.26. The summed E-state index contributed by atoms with van der Waals surface area (Å²) in [4.78, 5) is 30.3. The van der Waals surface area contributed by atoms with Crippen molar-refractivity contribution in [2.24, 2.45) is 0 Å². The minimum absolute atomic E-state index is 0.143. The van der Waals surface area contributed by atoms with E-state index in [-0.39, 0.29) is 11.7 Å². The van der Waals surface area contributed by atoms with Crippen LogP contribution in [0.15, 0.2) is 24.3 Å². The highest BCUT2D eigenvalue weighted by atomic mass is 16.5. The number of H-pyrrole nitrogens is 1. The summed E-state index contributed by atoms with van der Waals surface area (Å²) in [6.45, 7) is 6.80. The molecule has 1 aliphatic heterocycles. The smallest absolute Gasteiger partial charge is 0.268 e. The number of morpholine rings is 1. The van der Waals surface area contributed by atoms with Gasteiger partial charge in [-0.3, -0.25) is 14.5 Å². The number of fused-ring (bicyclic) bond motifs is 1. The maximum atomic E-state index is 12.6. The molecule has 4 rings (SSSR count). The number of nitrogens with zero attached hydrogens (tertiary/aromatic N) is 1. The van der Waals surface area contributed by atoms with Crippen LogP contribution in [0.1, 0.15) is 56.1 Å². The lowest BCUT2D eigenvalue weighted by atomic mass is 9.94. The molecule has 28 heavy (non-hydrogen) atoms. The number of hydrogen-bond donors (Lipinski definition) is 2. The van der Waals surface area contributed by atoms with Crippen LogP contribution >= 0.6 is 0 Å². The maximum Gasteiger partial charge on any atom is 0.268 e. The molecule has 0 radical (unpaired) electrons. The largest absolute Gasteiger partial charge is 0.379 e. The standard InChI is InChI=1S/C22H27N3O3/c1-15-20-18(3-2-4-19(20)26)24-21(15)22(27)23-13-16-5-7-17(8-6-16)14-25-9-11-28-12-10-25/h5-8,24H,2-4,9-14H2,1H3,(H,23,27). The molecule has 1 aromatic heterocycles. The van der Waals surface area contributed by atoms with Crippen LogP contribution in [-0.4, -0.2) is 47.9 Å². The van der Waals surface area contributed by atoms with Gasteiger partial charge >= 0.3 is 0 Å². The minimum atomic E-state index is -0.155. The van der Waals surface area contributed by atoms with Crippen LogP contribution in [0.5, 0.6) is 0 Å². The summed E-state index contributed by atoms with van der Waals surface area (Å²) in [5.74, 6) is -0.0120. The maximum absolute atomic E-state index is 12.6. The SMILES string of the molecule is Cc1c(C(=O)NCc2ccc(CN3CCOCC3)cc2)[nH]c2c1C(=O)CCC2. The number of ether oxygens (including phenoxy) is 1. The van der Waals surface area contributed by atoms with Gasteiger partial charge in [0.25, 0.3) is 5.91 Å². The van der Waals surface area contributed by atoms with Crippen LogP contribution < -0.4 is 5.32 Å². The summed E-state index contributed by atoms with van der Waals surface area (Å²) < 4.78 is 5.39. The zero-order valence-corrected chi connectivity index (χ0v) is 16.3. The predicted molar refractivity (Wildman–Crippen MR) is 107 cm³/mol. The summed E-state index contributed by atoms with van der Waals surface area (Å²) in [6, 6.07) is 8.36. The third-order valence-corrected chi connectivity index (χ3v) is 5.65. The van der Waals surface area contributed by atoms with E-state index in [0.717, 1.165) is 68.1 Å².